The molecule has 1 saturated heterocycles. The first-order valence-corrected chi connectivity index (χ1v) is 8.95. The van der Waals surface area contributed by atoms with Crippen LogP contribution in [0.15, 0.2) is 29.3 Å². The molecule has 27 heavy (non-hydrogen) atoms. The summed E-state index contributed by atoms with van der Waals surface area (Å²) in [5, 5.41) is 3.15. The quantitative estimate of drug-likeness (QED) is 0.554. The predicted octanol–water partition coefficient (Wildman–Crippen LogP) is 2.35. The van der Waals surface area contributed by atoms with Gasteiger partial charge < -0.3 is 20.5 Å². The van der Waals surface area contributed by atoms with E-state index in [4.69, 9.17) is 10.5 Å². The Labute approximate surface area is 157 Å². The highest BCUT2D eigenvalue weighted by molar-refractivity contribution is 5.77. The van der Waals surface area contributed by atoms with Crippen molar-refractivity contribution in [3.05, 3.63) is 29.8 Å². The van der Waals surface area contributed by atoms with Crippen molar-refractivity contribution in [1.82, 2.24) is 10.2 Å². The third kappa shape index (κ3) is 7.64. The maximum atomic E-state index is 12.2. The Bertz CT molecular complexity index is 600. The van der Waals surface area contributed by atoms with E-state index in [1.54, 1.807) is 0 Å². The lowest BCUT2D eigenvalue weighted by molar-refractivity contribution is -0.274. The number of aliphatic imine (C=N–C) groups is 1. The Morgan fingerprint density at radius 2 is 1.89 bits per heavy atom. The van der Waals surface area contributed by atoms with Crippen LogP contribution in [0.4, 0.5) is 13.2 Å². The first kappa shape index (κ1) is 21.3. The number of benzene rings is 1. The van der Waals surface area contributed by atoms with Gasteiger partial charge >= 0.3 is 6.36 Å². The number of guanidine groups is 1. The van der Waals surface area contributed by atoms with Gasteiger partial charge in [-0.2, -0.15) is 0 Å². The molecule has 1 aromatic carbocycles. The van der Waals surface area contributed by atoms with Gasteiger partial charge in [0.2, 0.25) is 0 Å². The number of morpholine rings is 1. The highest BCUT2D eigenvalue weighted by Crippen LogP contribution is 2.22. The largest absolute Gasteiger partial charge is 0.573 e. The number of hydrogen-bond acceptors (Lipinski definition) is 4. The van der Waals surface area contributed by atoms with E-state index in [0.717, 1.165) is 31.9 Å². The molecule has 1 fully saturated rings. The van der Waals surface area contributed by atoms with E-state index in [-0.39, 0.29) is 12.3 Å². The van der Waals surface area contributed by atoms with Gasteiger partial charge in [-0.25, -0.2) is 4.99 Å². The Morgan fingerprint density at radius 3 is 2.44 bits per heavy atom. The zero-order valence-electron chi connectivity index (χ0n) is 15.6. The summed E-state index contributed by atoms with van der Waals surface area (Å²) in [7, 11) is 0. The molecule has 1 heterocycles. The lowest BCUT2D eigenvalue weighted by Gasteiger charge is -2.37. The van der Waals surface area contributed by atoms with Crippen molar-refractivity contribution in [3.63, 3.8) is 0 Å². The molecule has 1 atom stereocenters. The van der Waals surface area contributed by atoms with Gasteiger partial charge in [0.1, 0.15) is 5.75 Å². The van der Waals surface area contributed by atoms with Gasteiger partial charge in [0.15, 0.2) is 5.96 Å². The Morgan fingerprint density at radius 1 is 1.26 bits per heavy atom. The smallest absolute Gasteiger partial charge is 0.406 e. The standard InChI is InChI=1S/C18H27F3N4O2/c1-13(2)16(25-7-9-26-10-8-25)12-24-17(22)23-11-14-3-5-15(6-4-14)27-18(19,20)21/h3-6,13,16H,7-12H2,1-2H3,(H3,22,23,24). The number of ether oxygens (including phenoxy) is 2. The highest BCUT2D eigenvalue weighted by atomic mass is 19.4. The molecule has 1 unspecified atom stereocenters. The molecule has 3 N–H and O–H groups in total. The van der Waals surface area contributed by atoms with Crippen LogP contribution in [0.1, 0.15) is 19.4 Å². The summed E-state index contributed by atoms with van der Waals surface area (Å²) in [4.78, 5) is 6.63. The van der Waals surface area contributed by atoms with Gasteiger partial charge in [0, 0.05) is 25.7 Å². The second-order valence-corrected chi connectivity index (χ2v) is 6.73. The van der Waals surface area contributed by atoms with E-state index < -0.39 is 6.36 Å². The fourth-order valence-corrected chi connectivity index (χ4v) is 2.93. The molecule has 0 radical (unpaired) electrons. The minimum Gasteiger partial charge on any atom is -0.406 e. The third-order valence-corrected chi connectivity index (χ3v) is 4.37. The van der Waals surface area contributed by atoms with Crippen LogP contribution in [0, 0.1) is 5.92 Å². The molecule has 0 amide bonds. The van der Waals surface area contributed by atoms with E-state index in [1.165, 1.54) is 24.3 Å². The minimum absolute atomic E-state index is 0.258. The van der Waals surface area contributed by atoms with Crippen molar-refractivity contribution in [2.45, 2.75) is 32.8 Å². The monoisotopic (exact) mass is 388 g/mol. The summed E-state index contributed by atoms with van der Waals surface area (Å²) < 4.78 is 45.7. The molecular formula is C18H27F3N4O2. The fraction of sp³-hybridized carbons (Fsp3) is 0.611. The maximum absolute atomic E-state index is 12.2. The van der Waals surface area contributed by atoms with Crippen LogP contribution in [0.2, 0.25) is 0 Å². The highest BCUT2D eigenvalue weighted by Gasteiger charge is 2.31. The van der Waals surface area contributed by atoms with Crippen LogP contribution in [-0.2, 0) is 11.3 Å². The molecule has 2 rings (SSSR count). The van der Waals surface area contributed by atoms with Crippen LogP contribution >= 0.6 is 0 Å². The molecule has 9 heteroatoms. The molecule has 6 nitrogen and oxygen atoms in total. The lowest BCUT2D eigenvalue weighted by atomic mass is 10.0. The summed E-state index contributed by atoms with van der Waals surface area (Å²) >= 11 is 0. The molecule has 1 aliphatic rings. The number of halogens is 3. The number of rotatable bonds is 7. The first-order chi connectivity index (χ1) is 12.7. The van der Waals surface area contributed by atoms with Gasteiger partial charge in [-0.3, -0.25) is 4.90 Å². The predicted molar refractivity (Wildman–Crippen MR) is 97.5 cm³/mol. The van der Waals surface area contributed by atoms with Gasteiger partial charge in [-0.1, -0.05) is 26.0 Å². The lowest BCUT2D eigenvalue weighted by Crippen LogP contribution is -2.52. The normalized spacial score (nSPS) is 17.8. The molecular weight excluding hydrogens is 361 g/mol. The van der Waals surface area contributed by atoms with E-state index >= 15 is 0 Å². The molecule has 0 aromatic heterocycles. The van der Waals surface area contributed by atoms with E-state index in [1.807, 2.05) is 0 Å². The van der Waals surface area contributed by atoms with Crippen LogP contribution in [0.3, 0.4) is 0 Å². The number of nitrogens with one attached hydrogen (secondary N) is 1. The number of nitrogens with two attached hydrogens (primary N) is 1. The minimum atomic E-state index is -4.69. The summed E-state index contributed by atoms with van der Waals surface area (Å²) in [5.41, 5.74) is 6.67. The fourth-order valence-electron chi connectivity index (χ4n) is 2.93. The van der Waals surface area contributed by atoms with Crippen molar-refractivity contribution in [2.75, 3.05) is 32.8 Å². The molecule has 0 bridgehead atoms. The molecule has 0 saturated carbocycles. The number of alkyl halides is 3. The summed E-state index contributed by atoms with van der Waals surface area (Å²) in [6, 6.07) is 5.90. The second kappa shape index (κ2) is 9.80. The molecule has 152 valence electrons. The zero-order chi connectivity index (χ0) is 19.9. The summed E-state index contributed by atoms with van der Waals surface area (Å²) in [6.45, 7) is 8.54. The van der Waals surface area contributed by atoms with Crippen molar-refractivity contribution >= 4 is 5.96 Å². The van der Waals surface area contributed by atoms with Crippen LogP contribution in [-0.4, -0.2) is 56.1 Å². The van der Waals surface area contributed by atoms with E-state index in [2.05, 4.69) is 33.8 Å². The topological polar surface area (TPSA) is 72.1 Å². The molecule has 0 spiro atoms. The van der Waals surface area contributed by atoms with E-state index in [0.29, 0.717) is 24.5 Å². The first-order valence-electron chi connectivity index (χ1n) is 8.95. The summed E-state index contributed by atoms with van der Waals surface area (Å²) in [5.74, 6) is 0.501. The molecule has 1 aromatic rings. The Hall–Kier alpha value is -2.00. The second-order valence-electron chi connectivity index (χ2n) is 6.73. The maximum Gasteiger partial charge on any atom is 0.573 e. The van der Waals surface area contributed by atoms with Gasteiger partial charge in [0.05, 0.1) is 19.8 Å². The summed E-state index contributed by atoms with van der Waals surface area (Å²) in [6.07, 6.45) is -4.69. The SMILES string of the molecule is CC(C)C(CNC(N)=NCc1ccc(OC(F)(F)F)cc1)N1CCOCC1. The van der Waals surface area contributed by atoms with Crippen molar-refractivity contribution in [1.29, 1.82) is 0 Å². The van der Waals surface area contributed by atoms with Crippen LogP contribution < -0.4 is 15.8 Å². The zero-order valence-corrected chi connectivity index (χ0v) is 15.6. The van der Waals surface area contributed by atoms with Crippen molar-refractivity contribution in [2.24, 2.45) is 16.6 Å². The Kier molecular flexibility index (Phi) is 7.73. The average molecular weight is 388 g/mol. The molecule has 1 aliphatic heterocycles. The third-order valence-electron chi connectivity index (χ3n) is 4.37. The Balaban J connectivity index is 1.84. The average Bonchev–Trinajstić information content (AvgIpc) is 2.60. The van der Waals surface area contributed by atoms with Crippen LogP contribution in [0.5, 0.6) is 5.75 Å². The van der Waals surface area contributed by atoms with Gasteiger partial charge in [0.25, 0.3) is 0 Å². The number of nitrogens with zero attached hydrogens (tertiary/aromatic N) is 2. The van der Waals surface area contributed by atoms with Crippen molar-refractivity contribution < 1.29 is 22.6 Å². The van der Waals surface area contributed by atoms with Gasteiger partial charge in [-0.05, 0) is 23.6 Å². The number of hydrogen-bond donors (Lipinski definition) is 2. The van der Waals surface area contributed by atoms with E-state index in [9.17, 15) is 13.2 Å². The van der Waals surface area contributed by atoms with Crippen molar-refractivity contribution in [3.8, 4) is 5.75 Å². The molecule has 0 aliphatic carbocycles. The van der Waals surface area contributed by atoms with Crippen LogP contribution in [0.25, 0.3) is 0 Å². The van der Waals surface area contributed by atoms with Gasteiger partial charge in [-0.15, -0.1) is 13.2 Å².